The van der Waals surface area contributed by atoms with Crippen molar-refractivity contribution in [2.75, 3.05) is 6.61 Å². The van der Waals surface area contributed by atoms with Gasteiger partial charge in [-0.05, 0) is 85.8 Å². The molecule has 0 amide bonds. The Labute approximate surface area is 168 Å². The molecule has 0 heterocycles. The van der Waals surface area contributed by atoms with Crippen LogP contribution in [0.25, 0.3) is 0 Å². The fourth-order valence-electron chi connectivity index (χ4n) is 5.83. The van der Waals surface area contributed by atoms with Crippen LogP contribution in [0.4, 0.5) is 0 Å². The zero-order valence-corrected chi connectivity index (χ0v) is 18.1. The molecule has 1 aromatic carbocycles. The number of benzene rings is 1. The lowest BCUT2D eigenvalue weighted by atomic mass is 9.65. The largest absolute Gasteiger partial charge is 0.494 e. The van der Waals surface area contributed by atoms with E-state index >= 15 is 0 Å². The zero-order chi connectivity index (χ0) is 19.1. The van der Waals surface area contributed by atoms with Crippen LogP contribution in [-0.4, -0.2) is 6.61 Å². The van der Waals surface area contributed by atoms with Crippen molar-refractivity contribution in [3.8, 4) is 5.75 Å². The molecule has 27 heavy (non-hydrogen) atoms. The maximum atomic E-state index is 5.75. The van der Waals surface area contributed by atoms with Gasteiger partial charge in [-0.3, -0.25) is 0 Å². The van der Waals surface area contributed by atoms with Crippen LogP contribution in [0.2, 0.25) is 0 Å². The molecule has 3 atom stereocenters. The summed E-state index contributed by atoms with van der Waals surface area (Å²) in [7, 11) is 0. The lowest BCUT2D eigenvalue weighted by Gasteiger charge is -2.41. The molecule has 3 rings (SSSR count). The normalized spacial score (nSPS) is 31.6. The van der Waals surface area contributed by atoms with Gasteiger partial charge in [0.2, 0.25) is 0 Å². The van der Waals surface area contributed by atoms with Gasteiger partial charge in [-0.2, -0.15) is 0 Å². The van der Waals surface area contributed by atoms with Gasteiger partial charge in [0.15, 0.2) is 0 Å². The summed E-state index contributed by atoms with van der Waals surface area (Å²) in [6.07, 6.45) is 15.7. The van der Waals surface area contributed by atoms with Crippen molar-refractivity contribution in [1.82, 2.24) is 0 Å². The standard InChI is InChI=1S/C26H42O/c1-4-6-7-21-8-10-22(11-9-21)24-14-17-26(20(3)19-24)23-12-15-25(16-13-23)27-18-5-2/h12-13,15-16,20-22,24,26H,4-11,14,17-19H2,1-3H3. The molecule has 3 unspecified atom stereocenters. The van der Waals surface area contributed by atoms with Crippen LogP contribution in [0.15, 0.2) is 24.3 Å². The molecule has 152 valence electrons. The van der Waals surface area contributed by atoms with E-state index in [2.05, 4.69) is 45.0 Å². The second-order valence-electron chi connectivity index (χ2n) is 9.50. The van der Waals surface area contributed by atoms with Gasteiger partial charge in [-0.15, -0.1) is 0 Å². The van der Waals surface area contributed by atoms with Gasteiger partial charge in [-0.1, -0.05) is 65.0 Å². The van der Waals surface area contributed by atoms with E-state index in [0.29, 0.717) is 0 Å². The van der Waals surface area contributed by atoms with Gasteiger partial charge in [0.05, 0.1) is 6.61 Å². The number of rotatable bonds is 8. The van der Waals surface area contributed by atoms with Crippen LogP contribution in [-0.2, 0) is 0 Å². The molecule has 0 N–H and O–H groups in total. The highest BCUT2D eigenvalue weighted by Gasteiger charge is 2.34. The van der Waals surface area contributed by atoms with Crippen molar-refractivity contribution >= 4 is 0 Å². The van der Waals surface area contributed by atoms with Crippen molar-refractivity contribution in [2.45, 2.75) is 97.3 Å². The van der Waals surface area contributed by atoms with E-state index in [1.165, 1.54) is 69.8 Å². The van der Waals surface area contributed by atoms with E-state index in [0.717, 1.165) is 48.4 Å². The van der Waals surface area contributed by atoms with E-state index in [-0.39, 0.29) is 0 Å². The first-order valence-corrected chi connectivity index (χ1v) is 11.9. The van der Waals surface area contributed by atoms with E-state index in [4.69, 9.17) is 4.74 Å². The maximum Gasteiger partial charge on any atom is 0.119 e. The summed E-state index contributed by atoms with van der Waals surface area (Å²) in [5.41, 5.74) is 1.54. The average molecular weight is 371 g/mol. The van der Waals surface area contributed by atoms with E-state index in [9.17, 15) is 0 Å². The highest BCUT2D eigenvalue weighted by molar-refractivity contribution is 5.30. The SMILES string of the molecule is CCCCC1CCC(C2CCC(c3ccc(OCCC)cc3)C(C)C2)CC1. The molecule has 0 saturated heterocycles. The highest BCUT2D eigenvalue weighted by Crippen LogP contribution is 2.47. The predicted molar refractivity (Wildman–Crippen MR) is 116 cm³/mol. The van der Waals surface area contributed by atoms with Gasteiger partial charge >= 0.3 is 0 Å². The summed E-state index contributed by atoms with van der Waals surface area (Å²) in [5, 5.41) is 0. The van der Waals surface area contributed by atoms with Gasteiger partial charge in [-0.25, -0.2) is 0 Å². The maximum absolute atomic E-state index is 5.75. The molecule has 2 aliphatic rings. The molecule has 0 spiro atoms. The van der Waals surface area contributed by atoms with E-state index in [1.807, 2.05) is 0 Å². The summed E-state index contributed by atoms with van der Waals surface area (Å²) in [6, 6.07) is 9.01. The van der Waals surface area contributed by atoms with E-state index in [1.54, 1.807) is 0 Å². The Morgan fingerprint density at radius 3 is 2.19 bits per heavy atom. The summed E-state index contributed by atoms with van der Waals surface area (Å²) in [4.78, 5) is 0. The lowest BCUT2D eigenvalue weighted by molar-refractivity contribution is 0.130. The molecule has 0 aromatic heterocycles. The zero-order valence-electron chi connectivity index (χ0n) is 18.1. The minimum Gasteiger partial charge on any atom is -0.494 e. The van der Waals surface area contributed by atoms with Crippen LogP contribution >= 0.6 is 0 Å². The first-order chi connectivity index (χ1) is 13.2. The summed E-state index contributed by atoms with van der Waals surface area (Å²) in [6.45, 7) is 7.82. The Kier molecular flexibility index (Phi) is 8.09. The first kappa shape index (κ1) is 20.7. The van der Waals surface area contributed by atoms with Crippen molar-refractivity contribution < 1.29 is 4.74 Å². The Hall–Kier alpha value is -0.980. The third kappa shape index (κ3) is 5.75. The van der Waals surface area contributed by atoms with Crippen LogP contribution in [0.5, 0.6) is 5.75 Å². The highest BCUT2D eigenvalue weighted by atomic mass is 16.5. The molecular weight excluding hydrogens is 328 g/mol. The molecule has 1 aromatic rings. The van der Waals surface area contributed by atoms with Crippen molar-refractivity contribution in [1.29, 1.82) is 0 Å². The minimum absolute atomic E-state index is 0.752. The number of hydrogen-bond acceptors (Lipinski definition) is 1. The summed E-state index contributed by atoms with van der Waals surface area (Å²) < 4.78 is 5.75. The number of ether oxygens (including phenoxy) is 1. The fourth-order valence-corrected chi connectivity index (χ4v) is 5.83. The fraction of sp³-hybridized carbons (Fsp3) is 0.769. The van der Waals surface area contributed by atoms with Crippen LogP contribution in [0, 0.1) is 23.7 Å². The quantitative estimate of drug-likeness (QED) is 0.450. The number of unbranched alkanes of at least 4 members (excludes halogenated alkanes) is 1. The van der Waals surface area contributed by atoms with E-state index < -0.39 is 0 Å². The molecule has 2 fully saturated rings. The Morgan fingerprint density at radius 1 is 0.852 bits per heavy atom. The lowest BCUT2D eigenvalue weighted by Crippen LogP contribution is -2.29. The summed E-state index contributed by atoms with van der Waals surface area (Å²) in [5.74, 6) is 5.67. The van der Waals surface area contributed by atoms with Crippen molar-refractivity contribution in [2.24, 2.45) is 23.7 Å². The second kappa shape index (κ2) is 10.5. The Bertz CT molecular complexity index is 526. The monoisotopic (exact) mass is 370 g/mol. The Morgan fingerprint density at radius 2 is 1.56 bits per heavy atom. The first-order valence-electron chi connectivity index (χ1n) is 11.9. The van der Waals surface area contributed by atoms with Gasteiger partial charge < -0.3 is 4.74 Å². The topological polar surface area (TPSA) is 9.23 Å². The molecule has 1 nitrogen and oxygen atoms in total. The second-order valence-corrected chi connectivity index (χ2v) is 9.50. The Balaban J connectivity index is 1.48. The molecule has 0 aliphatic heterocycles. The van der Waals surface area contributed by atoms with Gasteiger partial charge in [0, 0.05) is 0 Å². The molecule has 2 saturated carbocycles. The number of hydrogen-bond donors (Lipinski definition) is 0. The third-order valence-electron chi connectivity index (χ3n) is 7.51. The smallest absolute Gasteiger partial charge is 0.119 e. The molecule has 0 radical (unpaired) electrons. The minimum atomic E-state index is 0.752. The molecule has 0 bridgehead atoms. The van der Waals surface area contributed by atoms with Crippen LogP contribution in [0.3, 0.4) is 0 Å². The third-order valence-corrected chi connectivity index (χ3v) is 7.51. The molecular formula is C26H42O. The van der Waals surface area contributed by atoms with Gasteiger partial charge in [0.25, 0.3) is 0 Å². The van der Waals surface area contributed by atoms with Crippen molar-refractivity contribution in [3.63, 3.8) is 0 Å². The van der Waals surface area contributed by atoms with Gasteiger partial charge in [0.1, 0.15) is 5.75 Å². The van der Waals surface area contributed by atoms with Crippen LogP contribution in [0.1, 0.15) is 103 Å². The van der Waals surface area contributed by atoms with Crippen molar-refractivity contribution in [3.05, 3.63) is 29.8 Å². The molecule has 1 heteroatoms. The van der Waals surface area contributed by atoms with Crippen LogP contribution < -0.4 is 4.74 Å². The average Bonchev–Trinajstić information content (AvgIpc) is 2.71. The molecule has 2 aliphatic carbocycles. The predicted octanol–water partition coefficient (Wildman–Crippen LogP) is 7.99. The summed E-state index contributed by atoms with van der Waals surface area (Å²) >= 11 is 0.